The van der Waals surface area contributed by atoms with E-state index in [4.69, 9.17) is 9.47 Å². The minimum Gasteiger partial charge on any atom is -0.462 e. The van der Waals surface area contributed by atoms with Gasteiger partial charge >= 0.3 is 5.97 Å². The summed E-state index contributed by atoms with van der Waals surface area (Å²) in [6, 6.07) is 0. The van der Waals surface area contributed by atoms with Gasteiger partial charge in [-0.25, -0.2) is 0 Å². The van der Waals surface area contributed by atoms with Crippen molar-refractivity contribution < 1.29 is 14.3 Å². The molecular weight excluding hydrogens is 588 g/mol. The monoisotopic (exact) mass is 652 g/mol. The molecule has 0 bridgehead atoms. The van der Waals surface area contributed by atoms with Crippen molar-refractivity contribution in [1.82, 2.24) is 0 Å². The Bertz CT molecular complexity index is 1440. The number of methoxy groups -OCH3 is 1. The zero-order valence-electron chi connectivity index (χ0n) is 32.2. The number of hydrogen-bond donors (Lipinski definition) is 0. The Balaban J connectivity index is 1.91. The van der Waals surface area contributed by atoms with Gasteiger partial charge in [0.05, 0.1) is 6.10 Å². The average Bonchev–Trinajstić information content (AvgIpc) is 2.97. The van der Waals surface area contributed by atoms with E-state index < -0.39 is 0 Å². The molecule has 0 saturated heterocycles. The standard InChI is InChI=1S/C45H64O3/c1-13-18-43(46)48-40-30-38(7)42(45(10,11)32-40)28-26-36(5)24-17-22-34(3)20-15-14-19-33(2)21-16-23-35(4)25-27-41-37(6)29-39(47-12)31-44(41,8)9/h14-17,19-29,39-41H,13,18,30-32H2,1-12H3/b15-14+,21-16+,22-17+,27-25+,28-26+,33-19+,34-20+,35-23+,36-24+. The van der Waals surface area contributed by atoms with Crippen LogP contribution in [0.5, 0.6) is 0 Å². The Kier molecular flexibility index (Phi) is 16.6. The minimum absolute atomic E-state index is 0.0260. The Morgan fingerprint density at radius 2 is 1.35 bits per heavy atom. The van der Waals surface area contributed by atoms with E-state index in [1.807, 2.05) is 6.92 Å². The van der Waals surface area contributed by atoms with Crippen LogP contribution >= 0.6 is 0 Å². The third kappa shape index (κ3) is 14.0. The molecule has 0 aliphatic heterocycles. The van der Waals surface area contributed by atoms with Gasteiger partial charge in [0.15, 0.2) is 0 Å². The van der Waals surface area contributed by atoms with Crippen molar-refractivity contribution in [3.05, 3.63) is 130 Å². The highest BCUT2D eigenvalue weighted by atomic mass is 16.5. The highest BCUT2D eigenvalue weighted by Gasteiger charge is 2.35. The predicted molar refractivity (Wildman–Crippen MR) is 208 cm³/mol. The molecule has 0 aromatic rings. The summed E-state index contributed by atoms with van der Waals surface area (Å²) in [5.41, 5.74) is 8.99. The summed E-state index contributed by atoms with van der Waals surface area (Å²) in [5.74, 6) is 0.346. The van der Waals surface area contributed by atoms with Crippen molar-refractivity contribution in [2.45, 2.75) is 120 Å². The van der Waals surface area contributed by atoms with Crippen LogP contribution in [-0.4, -0.2) is 25.3 Å². The molecule has 0 aromatic heterocycles. The fourth-order valence-electron chi connectivity index (χ4n) is 6.76. The van der Waals surface area contributed by atoms with Gasteiger partial charge in [0, 0.05) is 25.9 Å². The molecule has 48 heavy (non-hydrogen) atoms. The van der Waals surface area contributed by atoms with Crippen molar-refractivity contribution in [1.29, 1.82) is 0 Å². The van der Waals surface area contributed by atoms with E-state index in [1.54, 1.807) is 7.11 Å². The number of hydrogen-bond acceptors (Lipinski definition) is 3. The molecule has 2 aliphatic rings. The van der Waals surface area contributed by atoms with Crippen LogP contribution in [0, 0.1) is 16.7 Å². The van der Waals surface area contributed by atoms with E-state index in [0.717, 1.165) is 25.7 Å². The molecule has 3 atom stereocenters. The molecule has 0 radical (unpaired) electrons. The van der Waals surface area contributed by atoms with Crippen LogP contribution in [0.25, 0.3) is 0 Å². The summed E-state index contributed by atoms with van der Waals surface area (Å²) in [6.45, 7) is 24.1. The first-order valence-corrected chi connectivity index (χ1v) is 17.8. The fourth-order valence-corrected chi connectivity index (χ4v) is 6.76. The maximum Gasteiger partial charge on any atom is 0.306 e. The largest absolute Gasteiger partial charge is 0.462 e. The van der Waals surface area contributed by atoms with Crippen molar-refractivity contribution in [2.24, 2.45) is 16.7 Å². The van der Waals surface area contributed by atoms with Crippen LogP contribution in [0.1, 0.15) is 108 Å². The number of ether oxygens (including phenoxy) is 2. The van der Waals surface area contributed by atoms with Gasteiger partial charge in [0.2, 0.25) is 0 Å². The lowest BCUT2D eigenvalue weighted by Crippen LogP contribution is -2.33. The Morgan fingerprint density at radius 3 is 1.88 bits per heavy atom. The van der Waals surface area contributed by atoms with Gasteiger partial charge in [-0.2, -0.15) is 0 Å². The first-order chi connectivity index (χ1) is 22.6. The van der Waals surface area contributed by atoms with Crippen molar-refractivity contribution in [3.8, 4) is 0 Å². The van der Waals surface area contributed by atoms with Crippen molar-refractivity contribution in [2.75, 3.05) is 7.11 Å². The SMILES string of the molecule is CCCC(=O)OC1CC(C)=C(/C=C/C(C)=C/C=C/C(C)=C/C=C/C=C(C)/C=C/C=C(C)/C=C/C2C(C)=CC(OC)CC2(C)C)C(C)(C)C1. The molecule has 3 heteroatoms. The second-order valence-electron chi connectivity index (χ2n) is 15.1. The summed E-state index contributed by atoms with van der Waals surface area (Å²) in [5, 5.41) is 0. The van der Waals surface area contributed by atoms with E-state index in [1.165, 1.54) is 39.0 Å². The second-order valence-corrected chi connectivity index (χ2v) is 15.1. The maximum atomic E-state index is 12.0. The number of rotatable bonds is 14. The van der Waals surface area contributed by atoms with Gasteiger partial charge in [0.1, 0.15) is 6.10 Å². The molecule has 0 heterocycles. The topological polar surface area (TPSA) is 35.5 Å². The third-order valence-corrected chi connectivity index (χ3v) is 9.35. The van der Waals surface area contributed by atoms with Crippen molar-refractivity contribution >= 4 is 5.97 Å². The quantitative estimate of drug-likeness (QED) is 0.106. The van der Waals surface area contributed by atoms with Crippen LogP contribution < -0.4 is 0 Å². The lowest BCUT2D eigenvalue weighted by atomic mass is 9.67. The zero-order chi connectivity index (χ0) is 35.9. The lowest BCUT2D eigenvalue weighted by Gasteiger charge is -2.39. The fraction of sp³-hybridized carbons (Fsp3) is 0.489. The van der Waals surface area contributed by atoms with Gasteiger partial charge in [-0.3, -0.25) is 4.79 Å². The van der Waals surface area contributed by atoms with Gasteiger partial charge in [0.25, 0.3) is 0 Å². The number of esters is 1. The molecule has 0 spiro atoms. The molecule has 262 valence electrons. The maximum absolute atomic E-state index is 12.0. The Morgan fingerprint density at radius 1 is 0.812 bits per heavy atom. The molecule has 0 aromatic carbocycles. The van der Waals surface area contributed by atoms with E-state index in [0.29, 0.717) is 12.3 Å². The van der Waals surface area contributed by atoms with Crippen LogP contribution in [0.15, 0.2) is 130 Å². The first-order valence-electron chi connectivity index (χ1n) is 17.8. The Hall–Kier alpha value is -3.43. The van der Waals surface area contributed by atoms with E-state index in [2.05, 4.69) is 160 Å². The summed E-state index contributed by atoms with van der Waals surface area (Å²) < 4.78 is 11.4. The highest BCUT2D eigenvalue weighted by molar-refractivity contribution is 5.69. The molecule has 0 amide bonds. The first kappa shape index (κ1) is 40.7. The smallest absolute Gasteiger partial charge is 0.306 e. The molecule has 3 nitrogen and oxygen atoms in total. The summed E-state index contributed by atoms with van der Waals surface area (Å²) >= 11 is 0. The van der Waals surface area contributed by atoms with Gasteiger partial charge in [-0.05, 0) is 77.2 Å². The highest BCUT2D eigenvalue weighted by Crippen LogP contribution is 2.43. The van der Waals surface area contributed by atoms with E-state index >= 15 is 0 Å². The third-order valence-electron chi connectivity index (χ3n) is 9.35. The van der Waals surface area contributed by atoms with Gasteiger partial charge in [-0.15, -0.1) is 0 Å². The summed E-state index contributed by atoms with van der Waals surface area (Å²) in [7, 11) is 1.80. The van der Waals surface area contributed by atoms with E-state index in [-0.39, 0.29) is 29.0 Å². The lowest BCUT2D eigenvalue weighted by molar-refractivity contribution is -0.150. The minimum atomic E-state index is -0.0778. The number of allylic oxidation sites excluding steroid dienone is 20. The molecular formula is C45H64O3. The normalized spacial score (nSPS) is 24.6. The van der Waals surface area contributed by atoms with E-state index in [9.17, 15) is 4.79 Å². The molecule has 2 rings (SSSR count). The molecule has 0 saturated carbocycles. The molecule has 3 unspecified atom stereocenters. The van der Waals surface area contributed by atoms with Gasteiger partial charge < -0.3 is 9.47 Å². The van der Waals surface area contributed by atoms with Crippen LogP contribution in [0.3, 0.4) is 0 Å². The Labute approximate surface area is 294 Å². The van der Waals surface area contributed by atoms with Gasteiger partial charge in [-0.1, -0.05) is 159 Å². The van der Waals surface area contributed by atoms with Crippen LogP contribution in [0.2, 0.25) is 0 Å². The molecule has 0 N–H and O–H groups in total. The number of carbonyl (C=O) groups is 1. The summed E-state index contributed by atoms with van der Waals surface area (Å²) in [6.07, 6.45) is 36.7. The molecule has 0 fully saturated rings. The summed E-state index contributed by atoms with van der Waals surface area (Å²) in [4.78, 5) is 12.0. The predicted octanol–water partition coefficient (Wildman–Crippen LogP) is 12.4. The van der Waals surface area contributed by atoms with Crippen LogP contribution in [0.4, 0.5) is 0 Å². The zero-order valence-corrected chi connectivity index (χ0v) is 32.2. The van der Waals surface area contributed by atoms with Crippen molar-refractivity contribution in [3.63, 3.8) is 0 Å². The molecule has 2 aliphatic carbocycles. The van der Waals surface area contributed by atoms with Crippen LogP contribution in [-0.2, 0) is 14.3 Å². The second kappa shape index (κ2) is 19.5. The number of carbonyl (C=O) groups excluding carboxylic acids is 1. The average molecular weight is 653 g/mol.